The number of halogens is 3. The number of nitrogens with one attached hydrogen (secondary N) is 1. The fourth-order valence-electron chi connectivity index (χ4n) is 4.54. The van der Waals surface area contributed by atoms with Crippen LogP contribution < -0.4 is 19.5 Å². The molecule has 0 bridgehead atoms. The van der Waals surface area contributed by atoms with Gasteiger partial charge in [-0.15, -0.1) is 0 Å². The Morgan fingerprint density at radius 1 is 0.919 bits per heavy atom. The second-order valence-electron chi connectivity index (χ2n) is 8.47. The van der Waals surface area contributed by atoms with E-state index in [1.807, 2.05) is 0 Å². The number of ether oxygens (including phenoxy) is 3. The van der Waals surface area contributed by atoms with Crippen molar-refractivity contribution in [2.75, 3.05) is 33.7 Å². The zero-order chi connectivity index (χ0) is 26.9. The number of methoxy groups -OCH3 is 3. The summed E-state index contributed by atoms with van der Waals surface area (Å²) >= 11 is 0. The lowest BCUT2D eigenvalue weighted by Crippen LogP contribution is -2.44. The van der Waals surface area contributed by atoms with E-state index in [-0.39, 0.29) is 17.2 Å². The minimum absolute atomic E-state index is 0.0186. The van der Waals surface area contributed by atoms with Crippen molar-refractivity contribution in [1.29, 1.82) is 0 Å². The first-order valence-electron chi connectivity index (χ1n) is 11.2. The van der Waals surface area contributed by atoms with Crippen LogP contribution in [-0.2, 0) is 11.0 Å². The van der Waals surface area contributed by atoms with E-state index in [1.54, 1.807) is 37.4 Å². The minimum atomic E-state index is -4.57. The quantitative estimate of drug-likeness (QED) is 0.485. The van der Waals surface area contributed by atoms with Gasteiger partial charge in [0, 0.05) is 18.3 Å². The predicted octanol–water partition coefficient (Wildman–Crippen LogP) is 5.28. The fraction of sp³-hybridized carbons (Fsp3) is 0.259. The number of carbonyl (C=O) groups is 2. The molecule has 1 aliphatic rings. The van der Waals surface area contributed by atoms with E-state index in [4.69, 9.17) is 14.2 Å². The second kappa shape index (κ2) is 10.0. The number of likely N-dealkylation sites (N-methyl/N-ethyl adjacent to an activating group) is 1. The summed E-state index contributed by atoms with van der Waals surface area (Å²) < 4.78 is 55.8. The first-order chi connectivity index (χ1) is 17.6. The third-order valence-electron chi connectivity index (χ3n) is 6.37. The van der Waals surface area contributed by atoms with Gasteiger partial charge in [-0.2, -0.15) is 13.2 Å². The monoisotopic (exact) mass is 514 g/mol. The van der Waals surface area contributed by atoms with Gasteiger partial charge in [0.25, 0.3) is 5.91 Å². The lowest BCUT2D eigenvalue weighted by atomic mass is 9.79. The molecule has 0 saturated carbocycles. The largest absolute Gasteiger partial charge is 0.497 e. The number of nitrogens with zero attached hydrogens (tertiary/aromatic N) is 1. The van der Waals surface area contributed by atoms with Gasteiger partial charge in [-0.1, -0.05) is 18.2 Å². The summed E-state index contributed by atoms with van der Waals surface area (Å²) in [5, 5.41) is 2.62. The molecule has 4 rings (SSSR count). The molecule has 1 N–H and O–H groups in total. The number of benzene rings is 3. The molecule has 1 aliphatic heterocycles. The molecule has 2 unspecified atom stereocenters. The molecule has 3 aromatic rings. The lowest BCUT2D eigenvalue weighted by Gasteiger charge is -2.40. The van der Waals surface area contributed by atoms with Gasteiger partial charge in [-0.05, 0) is 53.6 Å². The van der Waals surface area contributed by atoms with Gasteiger partial charge in [0.2, 0.25) is 5.91 Å². The summed E-state index contributed by atoms with van der Waals surface area (Å²) in [6, 6.07) is 13.6. The molecular weight excluding hydrogens is 489 g/mol. The predicted molar refractivity (Wildman–Crippen MR) is 130 cm³/mol. The van der Waals surface area contributed by atoms with E-state index in [0.717, 1.165) is 12.1 Å². The highest BCUT2D eigenvalue weighted by atomic mass is 19.4. The Morgan fingerprint density at radius 2 is 1.57 bits per heavy atom. The van der Waals surface area contributed by atoms with E-state index < -0.39 is 29.6 Å². The number of carbonyl (C=O) groups excluding carboxylic acids is 2. The van der Waals surface area contributed by atoms with Gasteiger partial charge in [-0.25, -0.2) is 0 Å². The fourth-order valence-corrected chi connectivity index (χ4v) is 4.54. The van der Waals surface area contributed by atoms with Gasteiger partial charge in [-0.3, -0.25) is 9.59 Å². The molecule has 194 valence electrons. The Hall–Kier alpha value is -4.21. The molecule has 10 heteroatoms. The average Bonchev–Trinajstić information content (AvgIpc) is 2.89. The van der Waals surface area contributed by atoms with E-state index in [0.29, 0.717) is 28.4 Å². The molecule has 37 heavy (non-hydrogen) atoms. The molecule has 0 aliphatic carbocycles. The third-order valence-corrected chi connectivity index (χ3v) is 6.37. The van der Waals surface area contributed by atoms with Crippen LogP contribution in [0.2, 0.25) is 0 Å². The molecule has 0 fully saturated rings. The van der Waals surface area contributed by atoms with Crippen molar-refractivity contribution >= 4 is 17.5 Å². The van der Waals surface area contributed by atoms with Crippen LogP contribution in [0.3, 0.4) is 0 Å². The first kappa shape index (κ1) is 25.9. The molecule has 0 radical (unpaired) electrons. The highest BCUT2D eigenvalue weighted by Crippen LogP contribution is 2.46. The molecule has 0 spiro atoms. The van der Waals surface area contributed by atoms with Crippen molar-refractivity contribution in [3.8, 4) is 17.2 Å². The Labute approximate surface area is 211 Å². The van der Waals surface area contributed by atoms with Gasteiger partial charge < -0.3 is 24.4 Å². The number of hydrogen-bond acceptors (Lipinski definition) is 5. The molecule has 3 aromatic carbocycles. The Bertz CT molecular complexity index is 1320. The zero-order valence-electron chi connectivity index (χ0n) is 20.6. The summed E-state index contributed by atoms with van der Waals surface area (Å²) in [7, 11) is 5.95. The van der Waals surface area contributed by atoms with Crippen LogP contribution in [0.25, 0.3) is 0 Å². The SMILES string of the molecule is COc1ccc(C2C(C(=O)Nc3cccc(C(F)(F)F)c3)c3cc(OC)c(OC)cc3C(=O)N2C)cc1. The highest BCUT2D eigenvalue weighted by Gasteiger charge is 2.44. The molecule has 0 aromatic heterocycles. The number of hydrogen-bond donors (Lipinski definition) is 1. The van der Waals surface area contributed by atoms with Gasteiger partial charge in [0.15, 0.2) is 11.5 Å². The van der Waals surface area contributed by atoms with Crippen LogP contribution >= 0.6 is 0 Å². The minimum Gasteiger partial charge on any atom is -0.497 e. The zero-order valence-corrected chi connectivity index (χ0v) is 20.6. The van der Waals surface area contributed by atoms with Crippen LogP contribution in [0, 0.1) is 0 Å². The van der Waals surface area contributed by atoms with Crippen molar-refractivity contribution < 1.29 is 37.0 Å². The number of rotatable bonds is 6. The summed E-state index contributed by atoms with van der Waals surface area (Å²) in [4.78, 5) is 28.6. The Kier molecular flexibility index (Phi) is 7.02. The highest BCUT2D eigenvalue weighted by molar-refractivity contribution is 6.05. The maximum Gasteiger partial charge on any atom is 0.416 e. The van der Waals surface area contributed by atoms with E-state index in [9.17, 15) is 22.8 Å². The molecule has 2 amide bonds. The molecule has 2 atom stereocenters. The molecular formula is C27H25F3N2O5. The molecule has 1 heterocycles. The van der Waals surface area contributed by atoms with Gasteiger partial charge in [0.1, 0.15) is 5.75 Å². The number of alkyl halides is 3. The van der Waals surface area contributed by atoms with Crippen molar-refractivity contribution in [2.24, 2.45) is 0 Å². The van der Waals surface area contributed by atoms with Gasteiger partial charge >= 0.3 is 6.18 Å². The Balaban J connectivity index is 1.85. The molecule has 7 nitrogen and oxygen atoms in total. The van der Waals surface area contributed by atoms with Crippen LogP contribution in [-0.4, -0.2) is 45.1 Å². The van der Waals surface area contributed by atoms with Crippen molar-refractivity contribution in [2.45, 2.75) is 18.1 Å². The topological polar surface area (TPSA) is 77.1 Å². The van der Waals surface area contributed by atoms with Crippen LogP contribution in [0.4, 0.5) is 18.9 Å². The normalized spacial score (nSPS) is 17.2. The summed E-state index contributed by atoms with van der Waals surface area (Å²) in [6.07, 6.45) is -4.57. The van der Waals surface area contributed by atoms with Crippen LogP contribution in [0.1, 0.15) is 39.0 Å². The van der Waals surface area contributed by atoms with Crippen molar-refractivity contribution in [3.63, 3.8) is 0 Å². The Morgan fingerprint density at radius 3 is 2.16 bits per heavy atom. The number of amides is 2. The van der Waals surface area contributed by atoms with Crippen molar-refractivity contribution in [3.05, 3.63) is 82.9 Å². The first-order valence-corrected chi connectivity index (χ1v) is 11.2. The summed E-state index contributed by atoms with van der Waals surface area (Å²) in [6.45, 7) is 0. The van der Waals surface area contributed by atoms with E-state index in [2.05, 4.69) is 5.32 Å². The average molecular weight is 515 g/mol. The smallest absolute Gasteiger partial charge is 0.416 e. The molecule has 0 saturated heterocycles. The van der Waals surface area contributed by atoms with Crippen LogP contribution in [0.5, 0.6) is 17.2 Å². The third kappa shape index (κ3) is 4.91. The standard InChI is InChI=1S/C27H25F3N2O5/c1-32-24(15-8-10-18(35-2)11-9-15)23(19-13-21(36-3)22(37-4)14-20(19)26(32)34)25(33)31-17-7-5-6-16(12-17)27(28,29)30/h5-14,23-24H,1-4H3,(H,31,33). The maximum atomic E-state index is 13.8. The lowest BCUT2D eigenvalue weighted by molar-refractivity contribution is -0.137. The van der Waals surface area contributed by atoms with Crippen LogP contribution in [0.15, 0.2) is 60.7 Å². The number of anilines is 1. The van der Waals surface area contributed by atoms with Gasteiger partial charge in [0.05, 0.1) is 38.9 Å². The summed E-state index contributed by atoms with van der Waals surface area (Å²) in [5.74, 6) is -0.717. The maximum absolute atomic E-state index is 13.8. The van der Waals surface area contributed by atoms with E-state index in [1.165, 1.54) is 44.4 Å². The number of fused-ring (bicyclic) bond motifs is 1. The van der Waals surface area contributed by atoms with E-state index >= 15 is 0 Å². The van der Waals surface area contributed by atoms with Crippen molar-refractivity contribution in [1.82, 2.24) is 4.90 Å². The second-order valence-corrected chi connectivity index (χ2v) is 8.47. The summed E-state index contributed by atoms with van der Waals surface area (Å²) in [5.41, 5.74) is 0.330.